The van der Waals surface area contributed by atoms with Gasteiger partial charge in [-0.2, -0.15) is 5.10 Å². The largest absolute Gasteiger partial charge is 0.288 e. The van der Waals surface area contributed by atoms with Crippen LogP contribution in [0.15, 0.2) is 18.2 Å². The summed E-state index contributed by atoms with van der Waals surface area (Å²) in [7, 11) is 0. The Balaban J connectivity index is 2.46. The number of hydrogen-bond acceptors (Lipinski definition) is 3. The van der Waals surface area contributed by atoms with Gasteiger partial charge in [0.25, 0.3) is 0 Å². The molecule has 2 aromatic rings. The van der Waals surface area contributed by atoms with Crippen LogP contribution in [0.25, 0.3) is 10.9 Å². The van der Waals surface area contributed by atoms with Crippen molar-refractivity contribution in [3.05, 3.63) is 23.8 Å². The van der Waals surface area contributed by atoms with E-state index in [-0.39, 0.29) is 0 Å². The maximum absolute atomic E-state index is 4.53. The van der Waals surface area contributed by atoms with Gasteiger partial charge >= 0.3 is 0 Å². The minimum atomic E-state index is 0.996. The second-order valence-corrected chi connectivity index (χ2v) is 4.86. The van der Waals surface area contributed by atoms with E-state index in [9.17, 15) is 0 Å². The number of H-pyrrole nitrogens is 1. The molecule has 0 radical (unpaired) electrons. The molecule has 0 aliphatic heterocycles. The smallest absolute Gasteiger partial charge is 0.172 e. The van der Waals surface area contributed by atoms with E-state index < -0.39 is 0 Å². The van der Waals surface area contributed by atoms with Crippen molar-refractivity contribution in [2.24, 2.45) is 0 Å². The van der Waals surface area contributed by atoms with E-state index in [4.69, 9.17) is 0 Å². The average molecular weight is 260 g/mol. The lowest BCUT2D eigenvalue weighted by Gasteiger charge is -2.33. The van der Waals surface area contributed by atoms with Gasteiger partial charge in [-0.3, -0.25) is 10.1 Å². The molecular weight excluding hydrogens is 236 g/mol. The zero-order chi connectivity index (χ0) is 13.8. The predicted molar refractivity (Wildman–Crippen MR) is 81.4 cm³/mol. The van der Waals surface area contributed by atoms with Gasteiger partial charge in [-0.15, -0.1) is 0 Å². The first-order valence-electron chi connectivity index (χ1n) is 7.18. The van der Waals surface area contributed by atoms with Crippen LogP contribution < -0.4 is 5.01 Å². The minimum Gasteiger partial charge on any atom is -0.288 e. The van der Waals surface area contributed by atoms with Crippen molar-refractivity contribution in [2.75, 3.05) is 24.6 Å². The second kappa shape index (κ2) is 6.06. The van der Waals surface area contributed by atoms with Gasteiger partial charge in [0.1, 0.15) is 0 Å². The van der Waals surface area contributed by atoms with Gasteiger partial charge in [0.2, 0.25) is 0 Å². The molecule has 0 aliphatic rings. The molecule has 1 aromatic heterocycles. The Bertz CT molecular complexity index is 528. The fourth-order valence-corrected chi connectivity index (χ4v) is 2.47. The SMILES string of the molecule is CCCN(c1n[nH]c2ccc(C)cc12)N(CC)CC. The number of nitrogens with one attached hydrogen (secondary N) is 1. The molecule has 2 rings (SSSR count). The molecule has 0 spiro atoms. The summed E-state index contributed by atoms with van der Waals surface area (Å²) in [5.74, 6) is 1.05. The van der Waals surface area contributed by atoms with E-state index in [1.54, 1.807) is 0 Å². The molecule has 104 valence electrons. The van der Waals surface area contributed by atoms with Gasteiger partial charge in [-0.25, -0.2) is 5.01 Å². The van der Waals surface area contributed by atoms with E-state index in [0.29, 0.717) is 0 Å². The zero-order valence-corrected chi connectivity index (χ0v) is 12.4. The first kappa shape index (κ1) is 13.9. The maximum Gasteiger partial charge on any atom is 0.172 e. The highest BCUT2D eigenvalue weighted by Crippen LogP contribution is 2.26. The highest BCUT2D eigenvalue weighted by atomic mass is 15.6. The number of rotatable bonds is 6. The predicted octanol–water partition coefficient (Wildman–Crippen LogP) is 3.34. The normalized spacial score (nSPS) is 11.4. The molecule has 0 bridgehead atoms. The molecule has 0 fully saturated rings. The Morgan fingerprint density at radius 1 is 1.16 bits per heavy atom. The Kier molecular flexibility index (Phi) is 4.43. The Labute approximate surface area is 115 Å². The molecule has 1 aromatic carbocycles. The molecule has 1 N–H and O–H groups in total. The van der Waals surface area contributed by atoms with E-state index in [1.165, 1.54) is 10.9 Å². The highest BCUT2D eigenvalue weighted by Gasteiger charge is 2.17. The molecule has 0 aliphatic carbocycles. The molecular formula is C15H24N4. The first-order valence-corrected chi connectivity index (χ1v) is 7.18. The van der Waals surface area contributed by atoms with Crippen LogP contribution in [0.5, 0.6) is 0 Å². The molecule has 1 heterocycles. The third kappa shape index (κ3) is 2.73. The van der Waals surface area contributed by atoms with Crippen LogP contribution in [0, 0.1) is 6.92 Å². The zero-order valence-electron chi connectivity index (χ0n) is 12.4. The number of aromatic amines is 1. The van der Waals surface area contributed by atoms with Gasteiger partial charge in [0, 0.05) is 25.0 Å². The lowest BCUT2D eigenvalue weighted by Crippen LogP contribution is -2.43. The maximum atomic E-state index is 4.53. The van der Waals surface area contributed by atoms with Gasteiger partial charge < -0.3 is 0 Å². The minimum absolute atomic E-state index is 0.996. The fraction of sp³-hybridized carbons (Fsp3) is 0.533. The number of anilines is 1. The van der Waals surface area contributed by atoms with E-state index in [2.05, 4.69) is 66.1 Å². The van der Waals surface area contributed by atoms with Crippen LogP contribution in [0.2, 0.25) is 0 Å². The number of hydrogen-bond donors (Lipinski definition) is 1. The molecule has 4 heteroatoms. The third-order valence-electron chi connectivity index (χ3n) is 3.45. The quantitative estimate of drug-likeness (QED) is 0.809. The first-order chi connectivity index (χ1) is 9.21. The number of hydrazine groups is 1. The topological polar surface area (TPSA) is 35.2 Å². The lowest BCUT2D eigenvalue weighted by atomic mass is 10.2. The van der Waals surface area contributed by atoms with Crippen molar-refractivity contribution < 1.29 is 0 Å². The van der Waals surface area contributed by atoms with Crippen LogP contribution in [0.1, 0.15) is 32.8 Å². The van der Waals surface area contributed by atoms with Crippen LogP contribution in [0.4, 0.5) is 5.82 Å². The molecule has 19 heavy (non-hydrogen) atoms. The summed E-state index contributed by atoms with van der Waals surface area (Å²) in [4.78, 5) is 0. The average Bonchev–Trinajstić information content (AvgIpc) is 2.81. The summed E-state index contributed by atoms with van der Waals surface area (Å²) in [5, 5.41) is 13.5. The summed E-state index contributed by atoms with van der Waals surface area (Å²) < 4.78 is 0. The van der Waals surface area contributed by atoms with Crippen LogP contribution >= 0.6 is 0 Å². The number of nitrogens with zero attached hydrogens (tertiary/aromatic N) is 3. The van der Waals surface area contributed by atoms with Crippen LogP contribution in [-0.2, 0) is 0 Å². The Morgan fingerprint density at radius 3 is 2.53 bits per heavy atom. The monoisotopic (exact) mass is 260 g/mol. The fourth-order valence-electron chi connectivity index (χ4n) is 2.47. The molecule has 0 amide bonds. The molecule has 0 saturated heterocycles. The molecule has 0 saturated carbocycles. The molecule has 0 atom stereocenters. The number of fused-ring (bicyclic) bond motifs is 1. The van der Waals surface area contributed by atoms with E-state index >= 15 is 0 Å². The summed E-state index contributed by atoms with van der Waals surface area (Å²) in [6, 6.07) is 6.43. The Morgan fingerprint density at radius 2 is 1.89 bits per heavy atom. The van der Waals surface area contributed by atoms with Crippen molar-refractivity contribution in [3.63, 3.8) is 0 Å². The summed E-state index contributed by atoms with van der Waals surface area (Å²) in [5.41, 5.74) is 2.38. The van der Waals surface area contributed by atoms with E-state index in [0.717, 1.165) is 37.4 Å². The van der Waals surface area contributed by atoms with Gasteiger partial charge in [-0.05, 0) is 25.5 Å². The van der Waals surface area contributed by atoms with Crippen LogP contribution in [-0.4, -0.2) is 34.8 Å². The number of aryl methyl sites for hydroxylation is 1. The lowest BCUT2D eigenvalue weighted by molar-refractivity contribution is 0.273. The highest BCUT2D eigenvalue weighted by molar-refractivity contribution is 5.90. The van der Waals surface area contributed by atoms with Crippen molar-refractivity contribution in [1.29, 1.82) is 0 Å². The van der Waals surface area contributed by atoms with Crippen molar-refractivity contribution in [2.45, 2.75) is 34.1 Å². The third-order valence-corrected chi connectivity index (χ3v) is 3.45. The molecule has 4 nitrogen and oxygen atoms in total. The van der Waals surface area contributed by atoms with Gasteiger partial charge in [0.15, 0.2) is 5.82 Å². The van der Waals surface area contributed by atoms with Crippen molar-refractivity contribution in [1.82, 2.24) is 15.2 Å². The summed E-state index contributed by atoms with van der Waals surface area (Å²) in [6.45, 7) is 11.7. The van der Waals surface area contributed by atoms with Crippen molar-refractivity contribution in [3.8, 4) is 0 Å². The Hall–Kier alpha value is -1.55. The number of benzene rings is 1. The van der Waals surface area contributed by atoms with Crippen LogP contribution in [0.3, 0.4) is 0 Å². The molecule has 0 unspecified atom stereocenters. The second-order valence-electron chi connectivity index (χ2n) is 4.86. The van der Waals surface area contributed by atoms with Crippen molar-refractivity contribution >= 4 is 16.7 Å². The standard InChI is InChI=1S/C15H24N4/c1-5-10-19(18(6-2)7-3)15-13-11-12(4)8-9-14(13)16-17-15/h8-9,11H,5-7,10H2,1-4H3,(H,16,17). The summed E-state index contributed by atoms with van der Waals surface area (Å²) in [6.07, 6.45) is 1.11. The summed E-state index contributed by atoms with van der Waals surface area (Å²) >= 11 is 0. The van der Waals surface area contributed by atoms with Gasteiger partial charge in [0.05, 0.1) is 5.52 Å². The number of aromatic nitrogens is 2. The van der Waals surface area contributed by atoms with Gasteiger partial charge in [-0.1, -0.05) is 32.4 Å². The van der Waals surface area contributed by atoms with E-state index in [1.807, 2.05) is 0 Å².